The Kier molecular flexibility index (Phi) is 9.73. The molecule has 0 aliphatic rings. The van der Waals surface area contributed by atoms with Crippen LogP contribution < -0.4 is 24.8 Å². The van der Waals surface area contributed by atoms with E-state index in [4.69, 9.17) is 26.4 Å². The Morgan fingerprint density at radius 1 is 0.794 bits per heavy atom. The lowest BCUT2D eigenvalue weighted by molar-refractivity contribution is 0.0972. The van der Waals surface area contributed by atoms with Crippen molar-refractivity contribution in [2.24, 2.45) is 5.92 Å². The third-order valence-electron chi connectivity index (χ3n) is 4.79. The molecule has 0 atom stereocenters. The van der Waals surface area contributed by atoms with Gasteiger partial charge in [-0.15, -0.1) is 0 Å². The smallest absolute Gasteiger partial charge is 0.261 e. The Hall–Kier alpha value is -3.58. The topological polar surface area (TPSA) is 68.8 Å². The summed E-state index contributed by atoms with van der Waals surface area (Å²) in [5, 5.41) is 5.91. The highest BCUT2D eigenvalue weighted by Crippen LogP contribution is 2.19. The zero-order valence-corrected chi connectivity index (χ0v) is 20.3. The number of anilines is 1. The first-order valence-electron chi connectivity index (χ1n) is 11.3. The van der Waals surface area contributed by atoms with E-state index in [1.54, 1.807) is 18.2 Å². The number of carbonyl (C=O) groups excluding carboxylic acids is 1. The number of thiocarbonyl (C=S) groups is 1. The number of hydrogen-bond donors (Lipinski definition) is 2. The quantitative estimate of drug-likeness (QED) is 0.272. The third-order valence-corrected chi connectivity index (χ3v) is 4.99. The van der Waals surface area contributed by atoms with Crippen LogP contribution in [0.3, 0.4) is 0 Å². The van der Waals surface area contributed by atoms with Crippen molar-refractivity contribution in [3.63, 3.8) is 0 Å². The van der Waals surface area contributed by atoms with Gasteiger partial charge in [-0.05, 0) is 73.1 Å². The molecule has 0 unspecified atom stereocenters. The number of amides is 1. The van der Waals surface area contributed by atoms with Crippen LogP contribution in [0, 0.1) is 5.92 Å². The minimum atomic E-state index is -0.356. The first kappa shape index (κ1) is 25.1. The van der Waals surface area contributed by atoms with E-state index in [1.807, 2.05) is 60.7 Å². The first-order valence-corrected chi connectivity index (χ1v) is 11.7. The molecule has 0 aliphatic heterocycles. The van der Waals surface area contributed by atoms with E-state index < -0.39 is 0 Å². The molecule has 0 spiro atoms. The molecular formula is C27H30N2O4S. The van der Waals surface area contributed by atoms with Crippen molar-refractivity contribution in [3.05, 3.63) is 84.4 Å². The van der Waals surface area contributed by atoms with Crippen molar-refractivity contribution >= 4 is 28.9 Å². The largest absolute Gasteiger partial charge is 0.494 e. The fourth-order valence-corrected chi connectivity index (χ4v) is 3.20. The van der Waals surface area contributed by atoms with Crippen molar-refractivity contribution in [2.45, 2.75) is 20.3 Å². The van der Waals surface area contributed by atoms with Gasteiger partial charge in [0, 0.05) is 5.69 Å². The number of benzene rings is 3. The van der Waals surface area contributed by atoms with Gasteiger partial charge >= 0.3 is 0 Å². The third kappa shape index (κ3) is 8.41. The van der Waals surface area contributed by atoms with Crippen LogP contribution in [0.4, 0.5) is 5.69 Å². The Morgan fingerprint density at radius 3 is 2.15 bits per heavy atom. The summed E-state index contributed by atoms with van der Waals surface area (Å²) in [6, 6.07) is 24.0. The average molecular weight is 479 g/mol. The van der Waals surface area contributed by atoms with E-state index in [0.717, 1.165) is 23.6 Å². The summed E-state index contributed by atoms with van der Waals surface area (Å²) in [7, 11) is 0. The molecule has 0 saturated carbocycles. The van der Waals surface area contributed by atoms with Crippen LogP contribution in [0.1, 0.15) is 30.6 Å². The van der Waals surface area contributed by atoms with Crippen molar-refractivity contribution < 1.29 is 19.0 Å². The fourth-order valence-electron chi connectivity index (χ4n) is 2.99. The number of nitrogens with one attached hydrogen (secondary N) is 2. The average Bonchev–Trinajstić information content (AvgIpc) is 2.83. The fraction of sp³-hybridized carbons (Fsp3) is 0.259. The number of hydrogen-bond acceptors (Lipinski definition) is 5. The molecule has 6 nitrogen and oxygen atoms in total. The van der Waals surface area contributed by atoms with Gasteiger partial charge < -0.3 is 19.5 Å². The molecule has 0 aliphatic carbocycles. The van der Waals surface area contributed by atoms with Crippen LogP contribution >= 0.6 is 12.2 Å². The van der Waals surface area contributed by atoms with Crippen LogP contribution in [0.2, 0.25) is 0 Å². The molecule has 3 rings (SSSR count). The molecule has 3 aromatic rings. The van der Waals surface area contributed by atoms with Crippen molar-refractivity contribution in [2.75, 3.05) is 25.1 Å². The van der Waals surface area contributed by atoms with Crippen LogP contribution in [-0.4, -0.2) is 30.8 Å². The predicted octanol–water partition coefficient (Wildman–Crippen LogP) is 5.70. The van der Waals surface area contributed by atoms with Gasteiger partial charge in [0.25, 0.3) is 5.91 Å². The highest BCUT2D eigenvalue weighted by molar-refractivity contribution is 7.80. The molecule has 0 heterocycles. The lowest BCUT2D eigenvalue weighted by Gasteiger charge is -2.14. The van der Waals surface area contributed by atoms with Crippen LogP contribution in [0.15, 0.2) is 78.9 Å². The lowest BCUT2D eigenvalue weighted by atomic mass is 10.1. The minimum Gasteiger partial charge on any atom is -0.494 e. The molecule has 7 heteroatoms. The maximum atomic E-state index is 12.8. The molecule has 0 saturated heterocycles. The maximum absolute atomic E-state index is 12.8. The summed E-state index contributed by atoms with van der Waals surface area (Å²) < 4.78 is 17.1. The standard InChI is InChI=1S/C27H30N2O4S/c1-20(2)16-17-31-23-14-12-21(13-15-23)28-27(34)29-26(30)24-10-6-7-11-25(24)33-19-18-32-22-8-4-3-5-9-22/h3-15,20H,16-19H2,1-2H3,(H2,28,29,30,34). The zero-order chi connectivity index (χ0) is 24.2. The summed E-state index contributed by atoms with van der Waals surface area (Å²) >= 11 is 5.31. The minimum absolute atomic E-state index is 0.195. The molecular weight excluding hydrogens is 448 g/mol. The van der Waals surface area contributed by atoms with Gasteiger partial charge in [0.2, 0.25) is 0 Å². The van der Waals surface area contributed by atoms with E-state index in [0.29, 0.717) is 37.1 Å². The monoisotopic (exact) mass is 478 g/mol. The summed E-state index contributed by atoms with van der Waals surface area (Å²) in [5.74, 6) is 2.26. The van der Waals surface area contributed by atoms with E-state index in [-0.39, 0.29) is 11.0 Å². The summed E-state index contributed by atoms with van der Waals surface area (Å²) in [5.41, 5.74) is 1.14. The summed E-state index contributed by atoms with van der Waals surface area (Å²) in [6.07, 6.45) is 1.00. The molecule has 178 valence electrons. The Bertz CT molecular complexity index is 1060. The van der Waals surface area contributed by atoms with Crippen molar-refractivity contribution in [1.82, 2.24) is 5.32 Å². The molecule has 0 radical (unpaired) electrons. The van der Waals surface area contributed by atoms with Gasteiger partial charge in [0.1, 0.15) is 30.5 Å². The first-order chi connectivity index (χ1) is 16.5. The van der Waals surface area contributed by atoms with Crippen LogP contribution in [0.25, 0.3) is 0 Å². The Balaban J connectivity index is 1.47. The van der Waals surface area contributed by atoms with E-state index >= 15 is 0 Å². The molecule has 0 bridgehead atoms. The Labute approximate surface area is 206 Å². The second-order valence-electron chi connectivity index (χ2n) is 7.97. The molecule has 0 fully saturated rings. The van der Waals surface area contributed by atoms with Crippen molar-refractivity contribution in [3.8, 4) is 17.2 Å². The van der Waals surface area contributed by atoms with Gasteiger partial charge in [-0.2, -0.15) is 0 Å². The second kappa shape index (κ2) is 13.2. The van der Waals surface area contributed by atoms with E-state index in [9.17, 15) is 4.79 Å². The van der Waals surface area contributed by atoms with Gasteiger partial charge in [-0.25, -0.2) is 0 Å². The van der Waals surface area contributed by atoms with Crippen LogP contribution in [-0.2, 0) is 0 Å². The molecule has 1 amide bonds. The van der Waals surface area contributed by atoms with E-state index in [1.165, 1.54) is 0 Å². The second-order valence-corrected chi connectivity index (χ2v) is 8.38. The summed E-state index contributed by atoms with van der Waals surface area (Å²) in [4.78, 5) is 12.8. The van der Waals surface area contributed by atoms with Crippen LogP contribution in [0.5, 0.6) is 17.2 Å². The Morgan fingerprint density at radius 2 is 1.41 bits per heavy atom. The van der Waals surface area contributed by atoms with E-state index in [2.05, 4.69) is 24.5 Å². The van der Waals surface area contributed by atoms with Gasteiger partial charge in [-0.3, -0.25) is 10.1 Å². The molecule has 0 aromatic heterocycles. The number of para-hydroxylation sites is 2. The molecule has 2 N–H and O–H groups in total. The molecule has 34 heavy (non-hydrogen) atoms. The highest BCUT2D eigenvalue weighted by Gasteiger charge is 2.14. The van der Waals surface area contributed by atoms with Gasteiger partial charge in [0.15, 0.2) is 5.11 Å². The highest BCUT2D eigenvalue weighted by atomic mass is 32.1. The number of ether oxygens (including phenoxy) is 3. The summed E-state index contributed by atoms with van der Waals surface area (Å²) in [6.45, 7) is 5.66. The van der Waals surface area contributed by atoms with Crippen molar-refractivity contribution in [1.29, 1.82) is 0 Å². The zero-order valence-electron chi connectivity index (χ0n) is 19.5. The lowest BCUT2D eigenvalue weighted by Crippen LogP contribution is -2.34. The van der Waals surface area contributed by atoms with Gasteiger partial charge in [-0.1, -0.05) is 44.2 Å². The number of carbonyl (C=O) groups is 1. The van der Waals surface area contributed by atoms with Gasteiger partial charge in [0.05, 0.1) is 12.2 Å². The normalized spacial score (nSPS) is 10.4. The molecule has 3 aromatic carbocycles. The number of rotatable bonds is 11. The predicted molar refractivity (Wildman–Crippen MR) is 139 cm³/mol. The SMILES string of the molecule is CC(C)CCOc1ccc(NC(=S)NC(=O)c2ccccc2OCCOc2ccccc2)cc1. The maximum Gasteiger partial charge on any atom is 0.261 e.